The molecule has 3 aromatic rings. The number of benzene rings is 1. The molecule has 0 amide bonds. The predicted octanol–water partition coefficient (Wildman–Crippen LogP) is 3.26. The maximum absolute atomic E-state index is 5.53. The van der Waals surface area contributed by atoms with Gasteiger partial charge in [0.15, 0.2) is 11.5 Å². The Morgan fingerprint density at radius 3 is 1.47 bits per heavy atom. The molecule has 30 heavy (non-hydrogen) atoms. The van der Waals surface area contributed by atoms with Gasteiger partial charge in [0, 0.05) is 35.7 Å². The predicted molar refractivity (Wildman–Crippen MR) is 116 cm³/mol. The second-order valence-corrected chi connectivity index (χ2v) is 5.84. The molecule has 1 aromatic carbocycles. The maximum atomic E-state index is 5.53. The number of terminal acetylenes is 2. The van der Waals surface area contributed by atoms with E-state index in [0.29, 0.717) is 45.1 Å². The Morgan fingerprint density at radius 1 is 0.667 bits per heavy atom. The van der Waals surface area contributed by atoms with Gasteiger partial charge in [-0.2, -0.15) is 0 Å². The second kappa shape index (κ2) is 9.52. The van der Waals surface area contributed by atoms with Gasteiger partial charge in [-0.25, -0.2) is 9.97 Å². The van der Waals surface area contributed by atoms with Crippen LogP contribution in [0, 0.1) is 48.4 Å². The van der Waals surface area contributed by atoms with Crippen LogP contribution in [0.5, 0.6) is 11.5 Å². The lowest BCUT2D eigenvalue weighted by atomic mass is 10.1. The summed E-state index contributed by atoms with van der Waals surface area (Å²) < 4.78 is 10.8. The molecule has 3 rings (SSSR count). The Kier molecular flexibility index (Phi) is 6.38. The van der Waals surface area contributed by atoms with Crippen LogP contribution in [0.2, 0.25) is 0 Å². The molecule has 0 spiro atoms. The number of pyridine rings is 2. The van der Waals surface area contributed by atoms with Crippen molar-refractivity contribution in [3.63, 3.8) is 0 Å². The first kappa shape index (κ1) is 20.1. The van der Waals surface area contributed by atoms with Gasteiger partial charge in [0.25, 0.3) is 0 Å². The quantitative estimate of drug-likeness (QED) is 0.632. The number of rotatable bonds is 2. The molecule has 0 saturated carbocycles. The number of ether oxygens (including phenoxy) is 2. The number of nitrogens with zero attached hydrogens (tertiary/aromatic N) is 2. The molecule has 0 N–H and O–H groups in total. The highest BCUT2D eigenvalue weighted by Crippen LogP contribution is 2.30. The van der Waals surface area contributed by atoms with E-state index >= 15 is 0 Å². The molecule has 0 atom stereocenters. The van der Waals surface area contributed by atoms with Crippen LogP contribution in [0.3, 0.4) is 0 Å². The lowest BCUT2D eigenvalue weighted by molar-refractivity contribution is 0.355. The van der Waals surface area contributed by atoms with Crippen LogP contribution in [0.25, 0.3) is 0 Å². The van der Waals surface area contributed by atoms with Crippen LogP contribution in [-0.2, 0) is 0 Å². The molecule has 0 radical (unpaired) electrons. The van der Waals surface area contributed by atoms with Crippen LogP contribution in [-0.4, -0.2) is 24.2 Å². The summed E-state index contributed by atoms with van der Waals surface area (Å²) in [5, 5.41) is 0. The molecule has 0 aliphatic heterocycles. The van der Waals surface area contributed by atoms with Gasteiger partial charge in [-0.15, -0.1) is 12.8 Å². The minimum atomic E-state index is 0.507. The average Bonchev–Trinajstić information content (AvgIpc) is 2.81. The summed E-state index contributed by atoms with van der Waals surface area (Å²) in [6.07, 6.45) is 14.3. The van der Waals surface area contributed by atoms with Gasteiger partial charge >= 0.3 is 0 Å². The van der Waals surface area contributed by atoms with Gasteiger partial charge in [-0.05, 0) is 36.1 Å². The highest BCUT2D eigenvalue weighted by molar-refractivity contribution is 5.61. The molecule has 0 saturated heterocycles. The first-order chi connectivity index (χ1) is 14.7. The van der Waals surface area contributed by atoms with Crippen LogP contribution in [0.15, 0.2) is 48.8 Å². The van der Waals surface area contributed by atoms with Gasteiger partial charge in [0.1, 0.15) is 11.4 Å². The van der Waals surface area contributed by atoms with Crippen molar-refractivity contribution in [3.8, 4) is 59.9 Å². The fraction of sp³-hybridized carbons (Fsp3) is 0.0769. The first-order valence-corrected chi connectivity index (χ1v) is 8.83. The standard InChI is InChI=1S/C26H16N2O2/c1-5-19-9-7-15-27-23(19)13-11-21-17-25(29-3)26(30-4)18-22(21)12-14-24-20(6-2)10-8-16-28-24/h1-2,7-10,15-18H,3-4H3. The SMILES string of the molecule is C#Cc1cccnc1C#Cc1cc(OC)c(OC)cc1C#Cc1ncccc1C#C. The summed E-state index contributed by atoms with van der Waals surface area (Å²) >= 11 is 0. The molecule has 0 aliphatic carbocycles. The largest absolute Gasteiger partial charge is 0.493 e. The number of hydrogen-bond acceptors (Lipinski definition) is 4. The lowest BCUT2D eigenvalue weighted by Gasteiger charge is -2.09. The third kappa shape index (κ3) is 4.43. The summed E-state index contributed by atoms with van der Waals surface area (Å²) in [6.45, 7) is 0. The fourth-order valence-electron chi connectivity index (χ4n) is 2.58. The average molecular weight is 388 g/mol. The van der Waals surface area contributed by atoms with Gasteiger partial charge in [-0.3, -0.25) is 0 Å². The molecular formula is C26H16N2O2. The Bertz CT molecular complexity index is 1200. The topological polar surface area (TPSA) is 44.2 Å². The van der Waals surface area contributed by atoms with Crippen LogP contribution in [0.4, 0.5) is 0 Å². The maximum Gasteiger partial charge on any atom is 0.162 e. The minimum Gasteiger partial charge on any atom is -0.493 e. The molecule has 0 fully saturated rings. The van der Waals surface area contributed by atoms with E-state index in [0.717, 1.165) is 0 Å². The van der Waals surface area contributed by atoms with E-state index in [4.69, 9.17) is 22.3 Å². The fourth-order valence-corrected chi connectivity index (χ4v) is 2.58. The van der Waals surface area contributed by atoms with Crippen molar-refractivity contribution in [2.45, 2.75) is 0 Å². The summed E-state index contributed by atoms with van der Waals surface area (Å²) in [6, 6.07) is 10.6. The normalized spacial score (nSPS) is 9.07. The number of methoxy groups -OCH3 is 2. The zero-order valence-electron chi connectivity index (χ0n) is 16.5. The van der Waals surface area contributed by atoms with E-state index in [9.17, 15) is 0 Å². The van der Waals surface area contributed by atoms with Crippen LogP contribution < -0.4 is 9.47 Å². The van der Waals surface area contributed by atoms with Crippen LogP contribution >= 0.6 is 0 Å². The number of hydrogen-bond donors (Lipinski definition) is 0. The molecule has 2 aromatic heterocycles. The van der Waals surface area contributed by atoms with E-state index in [2.05, 4.69) is 45.5 Å². The number of aromatic nitrogens is 2. The van der Waals surface area contributed by atoms with Gasteiger partial charge in [-0.1, -0.05) is 23.7 Å². The van der Waals surface area contributed by atoms with Crippen molar-refractivity contribution in [3.05, 3.63) is 82.4 Å². The molecule has 2 heterocycles. The molecule has 0 bridgehead atoms. The molecular weight excluding hydrogens is 372 g/mol. The van der Waals surface area contributed by atoms with Crippen molar-refractivity contribution in [1.29, 1.82) is 0 Å². The van der Waals surface area contributed by atoms with Crippen molar-refractivity contribution < 1.29 is 9.47 Å². The molecule has 0 unspecified atom stereocenters. The van der Waals surface area contributed by atoms with Crippen LogP contribution in [0.1, 0.15) is 33.6 Å². The van der Waals surface area contributed by atoms with E-state index in [-0.39, 0.29) is 0 Å². The van der Waals surface area contributed by atoms with E-state index < -0.39 is 0 Å². The smallest absolute Gasteiger partial charge is 0.162 e. The first-order valence-electron chi connectivity index (χ1n) is 8.83. The second-order valence-electron chi connectivity index (χ2n) is 5.84. The Balaban J connectivity index is 2.15. The third-order valence-corrected chi connectivity index (χ3v) is 4.08. The lowest BCUT2D eigenvalue weighted by Crippen LogP contribution is -1.95. The highest BCUT2D eigenvalue weighted by atomic mass is 16.5. The zero-order chi connectivity index (χ0) is 21.3. The van der Waals surface area contributed by atoms with E-state index in [1.165, 1.54) is 0 Å². The minimum absolute atomic E-state index is 0.507. The third-order valence-electron chi connectivity index (χ3n) is 4.08. The highest BCUT2D eigenvalue weighted by Gasteiger charge is 2.09. The van der Waals surface area contributed by atoms with Crippen molar-refractivity contribution in [1.82, 2.24) is 9.97 Å². The molecule has 4 heteroatoms. The Labute approximate surface area is 176 Å². The van der Waals surface area contributed by atoms with Crippen molar-refractivity contribution >= 4 is 0 Å². The summed E-state index contributed by atoms with van der Waals surface area (Å²) in [5.74, 6) is 18.4. The molecule has 4 nitrogen and oxygen atoms in total. The summed E-state index contributed by atoms with van der Waals surface area (Å²) in [5.41, 5.74) is 3.51. The Morgan fingerprint density at radius 2 is 1.10 bits per heavy atom. The monoisotopic (exact) mass is 388 g/mol. The summed E-state index contributed by atoms with van der Waals surface area (Å²) in [4.78, 5) is 8.49. The van der Waals surface area contributed by atoms with Crippen molar-refractivity contribution in [2.75, 3.05) is 14.2 Å². The summed E-state index contributed by atoms with van der Waals surface area (Å²) in [7, 11) is 3.12. The van der Waals surface area contributed by atoms with Gasteiger partial charge in [0.05, 0.1) is 25.3 Å². The molecule has 0 aliphatic rings. The Hall–Kier alpha value is -4.64. The van der Waals surface area contributed by atoms with E-state index in [1.54, 1.807) is 63.0 Å². The van der Waals surface area contributed by atoms with E-state index in [1.807, 2.05) is 0 Å². The van der Waals surface area contributed by atoms with Gasteiger partial charge in [0.2, 0.25) is 0 Å². The van der Waals surface area contributed by atoms with Gasteiger partial charge < -0.3 is 9.47 Å². The molecule has 142 valence electrons. The van der Waals surface area contributed by atoms with Crippen molar-refractivity contribution in [2.24, 2.45) is 0 Å². The zero-order valence-corrected chi connectivity index (χ0v) is 16.5.